The Labute approximate surface area is 127 Å². The summed E-state index contributed by atoms with van der Waals surface area (Å²) in [6, 6.07) is 7.68. The average Bonchev–Trinajstić information content (AvgIpc) is 2.72. The van der Waals surface area contributed by atoms with E-state index in [0.29, 0.717) is 10.8 Å². The quantitative estimate of drug-likeness (QED) is 0.933. The van der Waals surface area contributed by atoms with E-state index in [2.05, 4.69) is 13.8 Å². The van der Waals surface area contributed by atoms with Crippen LogP contribution in [0.25, 0.3) is 0 Å². The maximum Gasteiger partial charge on any atom is 0.243 e. The molecule has 5 heteroatoms. The second-order valence-electron chi connectivity index (χ2n) is 6.68. The van der Waals surface area contributed by atoms with Crippen LogP contribution in [0.4, 0.5) is 0 Å². The van der Waals surface area contributed by atoms with E-state index in [-0.39, 0.29) is 18.1 Å². The van der Waals surface area contributed by atoms with Gasteiger partial charge in [-0.1, -0.05) is 26.0 Å². The zero-order valence-corrected chi connectivity index (χ0v) is 13.5. The monoisotopic (exact) mass is 308 g/mol. The van der Waals surface area contributed by atoms with E-state index >= 15 is 0 Å². The summed E-state index contributed by atoms with van der Waals surface area (Å²) in [5, 5.41) is 0. The summed E-state index contributed by atoms with van der Waals surface area (Å²) in [4.78, 5) is 0.416. The van der Waals surface area contributed by atoms with Gasteiger partial charge in [-0.05, 0) is 49.3 Å². The van der Waals surface area contributed by atoms with Crippen molar-refractivity contribution in [2.24, 2.45) is 5.73 Å². The van der Waals surface area contributed by atoms with Gasteiger partial charge in [0.05, 0.1) is 4.90 Å². The van der Waals surface area contributed by atoms with Gasteiger partial charge in [0.2, 0.25) is 10.0 Å². The van der Waals surface area contributed by atoms with Gasteiger partial charge in [0.1, 0.15) is 0 Å². The van der Waals surface area contributed by atoms with Crippen LogP contribution >= 0.6 is 0 Å². The summed E-state index contributed by atoms with van der Waals surface area (Å²) in [7, 11) is -3.39. The summed E-state index contributed by atoms with van der Waals surface area (Å²) in [6.07, 6.45) is 3.48. The highest BCUT2D eigenvalue weighted by atomic mass is 32.2. The van der Waals surface area contributed by atoms with Crippen molar-refractivity contribution in [3.05, 3.63) is 29.8 Å². The molecule has 1 aromatic rings. The molecule has 2 aliphatic heterocycles. The van der Waals surface area contributed by atoms with Crippen molar-refractivity contribution in [1.82, 2.24) is 4.31 Å². The third kappa shape index (κ3) is 2.62. The number of fused-ring (bicyclic) bond motifs is 2. The molecule has 0 aliphatic carbocycles. The zero-order chi connectivity index (χ0) is 15.2. The molecule has 2 aliphatic rings. The van der Waals surface area contributed by atoms with Gasteiger partial charge in [0.15, 0.2) is 0 Å². The van der Waals surface area contributed by atoms with Crippen molar-refractivity contribution < 1.29 is 8.42 Å². The van der Waals surface area contributed by atoms with Gasteiger partial charge in [-0.2, -0.15) is 4.31 Å². The molecule has 2 atom stereocenters. The van der Waals surface area contributed by atoms with Crippen LogP contribution in [0.3, 0.4) is 0 Å². The Morgan fingerprint density at radius 2 is 1.62 bits per heavy atom. The van der Waals surface area contributed by atoms with Crippen LogP contribution in [0, 0.1) is 0 Å². The molecule has 2 N–H and O–H groups in total. The second kappa shape index (κ2) is 5.38. The molecule has 0 saturated carbocycles. The molecule has 2 heterocycles. The highest BCUT2D eigenvalue weighted by molar-refractivity contribution is 7.89. The van der Waals surface area contributed by atoms with Gasteiger partial charge in [-0.3, -0.25) is 0 Å². The molecule has 21 heavy (non-hydrogen) atoms. The van der Waals surface area contributed by atoms with Crippen molar-refractivity contribution in [3.63, 3.8) is 0 Å². The molecule has 2 saturated heterocycles. The second-order valence-corrected chi connectivity index (χ2v) is 8.52. The van der Waals surface area contributed by atoms with E-state index in [1.165, 1.54) is 0 Å². The SMILES string of the molecule is CC(C)c1ccc(S(=O)(=O)N2C3CCC2CC(N)C3)cc1. The predicted octanol–water partition coefficient (Wildman–Crippen LogP) is 2.45. The fraction of sp³-hybridized carbons (Fsp3) is 0.625. The maximum absolute atomic E-state index is 12.9. The fourth-order valence-corrected chi connectivity index (χ4v) is 5.61. The molecular weight excluding hydrogens is 284 g/mol. The van der Waals surface area contributed by atoms with E-state index in [4.69, 9.17) is 5.73 Å². The van der Waals surface area contributed by atoms with Crippen LogP contribution in [0.1, 0.15) is 51.0 Å². The first kappa shape index (κ1) is 15.0. The van der Waals surface area contributed by atoms with Gasteiger partial charge in [-0.15, -0.1) is 0 Å². The van der Waals surface area contributed by atoms with Gasteiger partial charge < -0.3 is 5.73 Å². The molecular formula is C16H24N2O2S. The van der Waals surface area contributed by atoms with Gasteiger partial charge in [0.25, 0.3) is 0 Å². The Kier molecular flexibility index (Phi) is 3.84. The molecule has 0 spiro atoms. The van der Waals surface area contributed by atoms with E-state index in [1.54, 1.807) is 16.4 Å². The number of nitrogens with two attached hydrogens (primary N) is 1. The molecule has 2 unspecified atom stereocenters. The van der Waals surface area contributed by atoms with Gasteiger partial charge in [-0.25, -0.2) is 8.42 Å². The van der Waals surface area contributed by atoms with Crippen LogP contribution < -0.4 is 5.73 Å². The molecule has 2 fully saturated rings. The van der Waals surface area contributed by atoms with Crippen molar-refractivity contribution in [3.8, 4) is 0 Å². The van der Waals surface area contributed by atoms with Crippen molar-refractivity contribution in [1.29, 1.82) is 0 Å². The number of hydrogen-bond donors (Lipinski definition) is 1. The van der Waals surface area contributed by atoms with E-state index in [0.717, 1.165) is 31.2 Å². The minimum atomic E-state index is -3.39. The highest BCUT2D eigenvalue weighted by Gasteiger charge is 2.46. The summed E-state index contributed by atoms with van der Waals surface area (Å²) in [6.45, 7) is 4.21. The van der Waals surface area contributed by atoms with Gasteiger partial charge >= 0.3 is 0 Å². The minimum Gasteiger partial charge on any atom is -0.328 e. The van der Waals surface area contributed by atoms with Gasteiger partial charge in [0, 0.05) is 18.1 Å². The fourth-order valence-electron chi connectivity index (χ4n) is 3.71. The zero-order valence-electron chi connectivity index (χ0n) is 12.7. The predicted molar refractivity (Wildman–Crippen MR) is 83.6 cm³/mol. The van der Waals surface area contributed by atoms with Crippen molar-refractivity contribution >= 4 is 10.0 Å². The Hall–Kier alpha value is -0.910. The smallest absolute Gasteiger partial charge is 0.243 e. The summed E-state index contributed by atoms with van der Waals surface area (Å²) in [5.41, 5.74) is 7.20. The third-order valence-electron chi connectivity index (χ3n) is 4.82. The Balaban J connectivity index is 1.90. The first-order valence-electron chi connectivity index (χ1n) is 7.78. The summed E-state index contributed by atoms with van der Waals surface area (Å²) in [5.74, 6) is 0.408. The van der Waals surface area contributed by atoms with E-state index in [1.807, 2.05) is 12.1 Å². The highest BCUT2D eigenvalue weighted by Crippen LogP contribution is 2.39. The Bertz CT molecular complexity index is 596. The number of hydrogen-bond acceptors (Lipinski definition) is 3. The largest absolute Gasteiger partial charge is 0.328 e. The van der Waals surface area contributed by atoms with E-state index in [9.17, 15) is 8.42 Å². The molecule has 4 nitrogen and oxygen atoms in total. The third-order valence-corrected chi connectivity index (χ3v) is 6.84. The molecule has 2 bridgehead atoms. The molecule has 116 valence electrons. The maximum atomic E-state index is 12.9. The average molecular weight is 308 g/mol. The lowest BCUT2D eigenvalue weighted by Crippen LogP contribution is -2.49. The van der Waals surface area contributed by atoms with Crippen LogP contribution in [-0.2, 0) is 10.0 Å². The molecule has 3 rings (SSSR count). The standard InChI is InChI=1S/C16H24N2O2S/c1-11(2)12-3-7-16(8-4-12)21(19,20)18-14-5-6-15(18)10-13(17)9-14/h3-4,7-8,11,13-15H,5-6,9-10,17H2,1-2H3. The Morgan fingerprint density at radius 3 is 2.10 bits per heavy atom. The topological polar surface area (TPSA) is 63.4 Å². The lowest BCUT2D eigenvalue weighted by molar-refractivity contribution is 0.227. The lowest BCUT2D eigenvalue weighted by Gasteiger charge is -2.36. The van der Waals surface area contributed by atoms with Crippen molar-refractivity contribution in [2.45, 2.75) is 68.5 Å². The van der Waals surface area contributed by atoms with Crippen LogP contribution in [0.2, 0.25) is 0 Å². The molecule has 0 amide bonds. The first-order chi connectivity index (χ1) is 9.89. The summed E-state index contributed by atoms with van der Waals surface area (Å²) < 4.78 is 27.6. The normalized spacial score (nSPS) is 30.0. The van der Waals surface area contributed by atoms with Crippen molar-refractivity contribution in [2.75, 3.05) is 0 Å². The molecule has 0 radical (unpaired) electrons. The van der Waals surface area contributed by atoms with E-state index < -0.39 is 10.0 Å². The minimum absolute atomic E-state index is 0.0912. The summed E-state index contributed by atoms with van der Waals surface area (Å²) >= 11 is 0. The van der Waals surface area contributed by atoms with Crippen LogP contribution in [0.5, 0.6) is 0 Å². The number of benzene rings is 1. The lowest BCUT2D eigenvalue weighted by atomic mass is 10.0. The van der Waals surface area contributed by atoms with Crippen LogP contribution in [-0.4, -0.2) is 30.8 Å². The number of piperidine rings is 1. The molecule has 0 aromatic heterocycles. The molecule has 1 aromatic carbocycles. The number of sulfonamides is 1. The number of rotatable bonds is 3. The number of nitrogens with zero attached hydrogens (tertiary/aromatic N) is 1. The Morgan fingerprint density at radius 1 is 1.10 bits per heavy atom. The first-order valence-corrected chi connectivity index (χ1v) is 9.22. The van der Waals surface area contributed by atoms with Crippen LogP contribution in [0.15, 0.2) is 29.2 Å².